The van der Waals surface area contributed by atoms with Gasteiger partial charge in [-0.05, 0) is 107 Å². The van der Waals surface area contributed by atoms with E-state index in [9.17, 15) is 67.7 Å². The van der Waals surface area contributed by atoms with E-state index in [0.29, 0.717) is 17.7 Å². The molecule has 12 atom stereocenters. The van der Waals surface area contributed by atoms with Crippen molar-refractivity contribution in [1.82, 2.24) is 57.7 Å². The summed E-state index contributed by atoms with van der Waals surface area (Å²) in [6.07, 6.45) is 1.72. The maximum atomic E-state index is 14.6. The summed E-state index contributed by atoms with van der Waals surface area (Å²) >= 11 is 1.36. The molecule has 0 bridgehead atoms. The van der Waals surface area contributed by atoms with Crippen molar-refractivity contribution >= 4 is 99.6 Å². The molecule has 1 aliphatic heterocycles. The Kier molecular flexibility index (Phi) is 30.3. The summed E-state index contributed by atoms with van der Waals surface area (Å²) in [7, 11) is 0. The van der Waals surface area contributed by atoms with Gasteiger partial charge >= 0.3 is 5.97 Å². The molecule has 1 aromatic heterocycles. The van der Waals surface area contributed by atoms with Crippen molar-refractivity contribution in [3.8, 4) is 0 Å². The van der Waals surface area contributed by atoms with Gasteiger partial charge in [-0.15, -0.1) is 0 Å². The highest BCUT2D eigenvalue weighted by Crippen LogP contribution is 2.22. The number of benzene rings is 2. The third-order valence-corrected chi connectivity index (χ3v) is 15.8. The molecule has 1 fully saturated rings. The summed E-state index contributed by atoms with van der Waals surface area (Å²) in [6, 6.07) is 1.47. The highest BCUT2D eigenvalue weighted by molar-refractivity contribution is 7.98. The van der Waals surface area contributed by atoms with Crippen LogP contribution >= 0.6 is 11.8 Å². The predicted octanol–water partition coefficient (Wildman–Crippen LogP) is -2.48. The number of aromatic amines is 1. The molecule has 3 aromatic rings. The molecule has 20 N–H and O–H groups in total. The molecule has 11 amide bonds. The van der Waals surface area contributed by atoms with E-state index in [2.05, 4.69) is 57.8 Å². The molecule has 2 aromatic carbocycles. The fourth-order valence-electron chi connectivity index (χ4n) is 10.1. The zero-order valence-electron chi connectivity index (χ0n) is 53.2. The van der Waals surface area contributed by atoms with Crippen LogP contribution in [-0.2, 0) is 70.4 Å². The van der Waals surface area contributed by atoms with Crippen molar-refractivity contribution in [2.75, 3.05) is 25.1 Å². The maximum Gasteiger partial charge on any atom is 0.325 e. The Morgan fingerprint density at radius 3 is 1.82 bits per heavy atom. The number of primary amides is 1. The van der Waals surface area contributed by atoms with Gasteiger partial charge in [-0.2, -0.15) is 11.8 Å². The molecular formula is C61H92N16O14S. The zero-order chi connectivity index (χ0) is 68.5. The number of fused-ring (bicyclic) bond motifs is 1. The Hall–Kier alpha value is -8.84. The molecule has 1 aliphatic rings. The van der Waals surface area contributed by atoms with Crippen molar-refractivity contribution < 1.29 is 67.7 Å². The van der Waals surface area contributed by atoms with Crippen molar-refractivity contribution in [1.29, 1.82) is 0 Å². The molecule has 0 radical (unpaired) electrons. The Morgan fingerprint density at radius 1 is 0.641 bits per heavy atom. The molecule has 0 aliphatic carbocycles. The van der Waals surface area contributed by atoms with Gasteiger partial charge in [-0.1, -0.05) is 76.2 Å². The third-order valence-electron chi connectivity index (χ3n) is 15.2. The van der Waals surface area contributed by atoms with E-state index in [0.717, 1.165) is 28.3 Å². The monoisotopic (exact) mass is 1300 g/mol. The summed E-state index contributed by atoms with van der Waals surface area (Å²) in [6.45, 7) is 10.5. The number of hydrogen-bond donors (Lipinski definition) is 16. The summed E-state index contributed by atoms with van der Waals surface area (Å²) < 4.78 is 0. The van der Waals surface area contributed by atoms with Crippen LogP contribution in [0.4, 0.5) is 0 Å². The van der Waals surface area contributed by atoms with Crippen molar-refractivity contribution in [3.63, 3.8) is 0 Å². The molecule has 0 unspecified atom stereocenters. The molecule has 4 rings (SSSR count). The summed E-state index contributed by atoms with van der Waals surface area (Å²) in [5, 5.41) is 44.1. The smallest absolute Gasteiger partial charge is 0.325 e. The first kappa shape index (κ1) is 75.6. The molecule has 92 heavy (non-hydrogen) atoms. The minimum absolute atomic E-state index is 0.0209. The van der Waals surface area contributed by atoms with Crippen LogP contribution in [-0.4, -0.2) is 195 Å². The minimum atomic E-state index is -1.82. The molecule has 30 nitrogen and oxygen atoms in total. The largest absolute Gasteiger partial charge is 0.480 e. The number of nitrogens with zero attached hydrogens (tertiary/aromatic N) is 2. The average molecular weight is 1310 g/mol. The van der Waals surface area contributed by atoms with E-state index < -0.39 is 156 Å². The lowest BCUT2D eigenvalue weighted by atomic mass is 9.99. The zero-order valence-corrected chi connectivity index (χ0v) is 54.1. The number of nitrogens with two attached hydrogens (primary N) is 4. The van der Waals surface area contributed by atoms with Crippen LogP contribution < -0.4 is 70.8 Å². The van der Waals surface area contributed by atoms with E-state index in [1.165, 1.54) is 25.6 Å². The van der Waals surface area contributed by atoms with Crippen LogP contribution in [0.25, 0.3) is 10.9 Å². The predicted molar refractivity (Wildman–Crippen MR) is 344 cm³/mol. The fraction of sp³-hybridized carbons (Fsp3) is 0.557. The number of carbonyl (C=O) groups is 12. The van der Waals surface area contributed by atoms with Gasteiger partial charge in [0.15, 0.2) is 5.96 Å². The lowest BCUT2D eigenvalue weighted by Gasteiger charge is -2.31. The Bertz CT molecular complexity index is 3090. The van der Waals surface area contributed by atoms with Gasteiger partial charge in [0.05, 0.1) is 18.6 Å². The van der Waals surface area contributed by atoms with Crippen molar-refractivity contribution in [2.24, 2.45) is 39.8 Å². The Labute approximate surface area is 538 Å². The number of hydrogen-bond acceptors (Lipinski definition) is 16. The lowest BCUT2D eigenvalue weighted by Crippen LogP contribution is -2.62. The van der Waals surface area contributed by atoms with E-state index >= 15 is 0 Å². The first-order valence-electron chi connectivity index (χ1n) is 30.5. The maximum absolute atomic E-state index is 14.6. The fourth-order valence-corrected chi connectivity index (χ4v) is 10.6. The molecule has 1 saturated heterocycles. The number of aliphatic hydroxyl groups excluding tert-OH is 1. The van der Waals surface area contributed by atoms with Crippen molar-refractivity contribution in [3.05, 3.63) is 71.9 Å². The molecule has 0 saturated carbocycles. The summed E-state index contributed by atoms with van der Waals surface area (Å²) in [4.78, 5) is 172. The van der Waals surface area contributed by atoms with E-state index in [4.69, 9.17) is 22.9 Å². The van der Waals surface area contributed by atoms with Gasteiger partial charge in [0.1, 0.15) is 60.4 Å². The Balaban J connectivity index is 1.54. The van der Waals surface area contributed by atoms with Crippen LogP contribution in [0.3, 0.4) is 0 Å². The van der Waals surface area contributed by atoms with Crippen LogP contribution in [0.5, 0.6) is 0 Å². The number of carboxylic acids is 1. The molecule has 0 spiro atoms. The quantitative estimate of drug-likeness (QED) is 0.0161. The summed E-state index contributed by atoms with van der Waals surface area (Å²) in [5.74, 6) is -11.6. The van der Waals surface area contributed by atoms with Gasteiger partial charge in [-0.25, -0.2) is 0 Å². The number of aromatic nitrogens is 1. The van der Waals surface area contributed by atoms with Crippen LogP contribution in [0.2, 0.25) is 0 Å². The SMILES string of the molecule is CSCC[C@H](NC(=O)[C@H](CCCN=C(N)N)NC(=O)[C@H](Cc1c[nH]c2ccccc12)NC(=O)[C@@H](N)Cc1ccccc1)C(=O)N[C@H](C(=O)N[C@@H](CC(C)C)C(=O)N[C@H](C(=O)N[C@@H](CC(N)=O)C(=O)N1CCC[C@H]1C(=O)N[C@@H](C)C(=O)N[C@@H](C)C(=O)O)[C@@H](C)O)C(C)C. The van der Waals surface area contributed by atoms with E-state index in [1.807, 2.05) is 54.6 Å². The highest BCUT2D eigenvalue weighted by atomic mass is 32.2. The molecule has 31 heteroatoms. The average Bonchev–Trinajstić information content (AvgIpc) is 1.68. The summed E-state index contributed by atoms with van der Waals surface area (Å²) in [5.41, 5.74) is 25.3. The first-order chi connectivity index (χ1) is 43.4. The number of aliphatic hydroxyl groups is 1. The van der Waals surface area contributed by atoms with Gasteiger partial charge in [0.2, 0.25) is 65.0 Å². The lowest BCUT2D eigenvalue weighted by molar-refractivity contribution is -0.144. The van der Waals surface area contributed by atoms with Crippen LogP contribution in [0.15, 0.2) is 65.8 Å². The first-order valence-corrected chi connectivity index (χ1v) is 31.9. The second-order valence-electron chi connectivity index (χ2n) is 23.6. The highest BCUT2D eigenvalue weighted by Gasteiger charge is 2.41. The number of guanidine groups is 1. The van der Waals surface area contributed by atoms with Crippen LogP contribution in [0.1, 0.15) is 105 Å². The second-order valence-corrected chi connectivity index (χ2v) is 24.6. The van der Waals surface area contributed by atoms with Crippen LogP contribution in [0, 0.1) is 11.8 Å². The van der Waals surface area contributed by atoms with Gasteiger partial charge in [0.25, 0.3) is 0 Å². The Morgan fingerprint density at radius 2 is 1.21 bits per heavy atom. The second kappa shape index (κ2) is 36.9. The number of nitrogens with one attached hydrogen (secondary N) is 10. The van der Waals surface area contributed by atoms with Crippen molar-refractivity contribution in [2.45, 2.75) is 179 Å². The minimum Gasteiger partial charge on any atom is -0.480 e. The topological polar surface area (TPSA) is 489 Å². The van der Waals surface area contributed by atoms with E-state index in [-0.39, 0.29) is 69.9 Å². The molecule has 2 heterocycles. The number of rotatable bonds is 37. The number of carbonyl (C=O) groups excluding carboxylic acids is 11. The number of H-pyrrole nitrogens is 1. The standard InChI is InChI=1S/C61H92N16O14S/c1-31(2)26-43(55(85)76-49(35(7)78)58(88)74-45(29-47(63)79)59(89)77-24-15-21-46(77)56(86)68-33(5)50(80)69-34(6)60(90)91)73-57(87)48(32(3)4)75-53(83)42(22-25-92-8)71-52(82)41(20-14-23-66-61(64)65)70-54(84)44(28-37-30-67-40-19-13-12-18-38(37)40)72-51(81)39(62)27-36-16-10-9-11-17-36/h9-13,16-19,30-35,39,41-46,48-49,67,78H,14-15,20-29,62H2,1-8H3,(H2,63,79)(H,68,86)(H,69,80)(H,70,84)(H,71,82)(H,72,81)(H,73,87)(H,74,88)(H,75,83)(H,76,85)(H,90,91)(H4,64,65,66)/t33-,34-,35+,39-,41-,42-,43-,44-,45-,46-,48-,49-/m0/s1. The van der Waals surface area contributed by atoms with Gasteiger partial charge in [0, 0.05) is 36.6 Å². The third kappa shape index (κ3) is 23.8. The normalized spacial score (nSPS) is 16.5. The number of thioether (sulfide) groups is 1. The van der Waals surface area contributed by atoms with Gasteiger partial charge in [-0.3, -0.25) is 62.5 Å². The van der Waals surface area contributed by atoms with Gasteiger partial charge < -0.3 is 90.9 Å². The number of aliphatic imine (C=N–C) groups is 1. The number of amides is 11. The van der Waals surface area contributed by atoms with E-state index in [1.54, 1.807) is 40.1 Å². The number of para-hydroxylation sites is 1. The number of aliphatic carboxylic acids is 1. The number of carboxylic acid groups (broad SMARTS) is 1. The molecule has 506 valence electrons. The molecular weight excluding hydrogens is 1210 g/mol. The number of likely N-dealkylation sites (tertiary alicyclic amines) is 1.